The summed E-state index contributed by atoms with van der Waals surface area (Å²) in [6, 6.07) is 15.1. The van der Waals surface area contributed by atoms with Crippen molar-refractivity contribution in [3.63, 3.8) is 0 Å². The number of pyridine rings is 2. The molecule has 6 heteroatoms. The van der Waals surface area contributed by atoms with E-state index in [9.17, 15) is 4.79 Å². The number of benzene rings is 1. The Morgan fingerprint density at radius 2 is 2.03 bits per heavy atom. The van der Waals surface area contributed by atoms with Gasteiger partial charge in [0.05, 0.1) is 5.69 Å². The smallest absolute Gasteiger partial charge is 0.254 e. The van der Waals surface area contributed by atoms with Gasteiger partial charge in [-0.1, -0.05) is 18.2 Å². The quantitative estimate of drug-likeness (QED) is 0.504. The van der Waals surface area contributed by atoms with E-state index in [4.69, 9.17) is 4.74 Å². The minimum atomic E-state index is -0.0671. The molecule has 3 aromatic heterocycles. The second-order valence-electron chi connectivity index (χ2n) is 7.04. The largest absolute Gasteiger partial charge is 0.487 e. The lowest BCUT2D eigenvalue weighted by molar-refractivity contribution is 0.0784. The van der Waals surface area contributed by atoms with Gasteiger partial charge in [-0.05, 0) is 48.4 Å². The molecular formula is C23H22N4O2. The molecule has 6 nitrogen and oxygen atoms in total. The number of hydrogen-bond donors (Lipinski definition) is 0. The van der Waals surface area contributed by atoms with Gasteiger partial charge in [-0.25, -0.2) is 4.98 Å². The first kappa shape index (κ1) is 18.7. The first-order valence-corrected chi connectivity index (χ1v) is 9.40. The van der Waals surface area contributed by atoms with Gasteiger partial charge in [0.1, 0.15) is 18.0 Å². The molecule has 0 saturated carbocycles. The van der Waals surface area contributed by atoms with Crippen LogP contribution < -0.4 is 4.74 Å². The van der Waals surface area contributed by atoms with Crippen LogP contribution in [0.1, 0.15) is 27.2 Å². The van der Waals surface area contributed by atoms with Crippen LogP contribution in [0.25, 0.3) is 5.65 Å². The molecular weight excluding hydrogens is 364 g/mol. The van der Waals surface area contributed by atoms with Crippen molar-refractivity contribution < 1.29 is 9.53 Å². The van der Waals surface area contributed by atoms with Crippen LogP contribution in [0.2, 0.25) is 0 Å². The molecule has 29 heavy (non-hydrogen) atoms. The van der Waals surface area contributed by atoms with E-state index in [0.717, 1.165) is 16.9 Å². The molecule has 0 aliphatic carbocycles. The second-order valence-corrected chi connectivity index (χ2v) is 7.04. The van der Waals surface area contributed by atoms with E-state index >= 15 is 0 Å². The Morgan fingerprint density at radius 1 is 1.14 bits per heavy atom. The third-order valence-electron chi connectivity index (χ3n) is 4.61. The van der Waals surface area contributed by atoms with Crippen LogP contribution in [0.5, 0.6) is 5.75 Å². The van der Waals surface area contributed by atoms with Crippen LogP contribution in [-0.2, 0) is 13.2 Å². The van der Waals surface area contributed by atoms with E-state index in [0.29, 0.717) is 24.5 Å². The predicted octanol–water partition coefficient (Wildman–Crippen LogP) is 3.89. The minimum absolute atomic E-state index is 0.0671. The number of carbonyl (C=O) groups excluding carboxylic acids is 1. The summed E-state index contributed by atoms with van der Waals surface area (Å²) in [7, 11) is 1.78. The van der Waals surface area contributed by atoms with Crippen molar-refractivity contribution in [1.82, 2.24) is 19.3 Å². The van der Waals surface area contributed by atoms with Gasteiger partial charge >= 0.3 is 0 Å². The summed E-state index contributed by atoms with van der Waals surface area (Å²) in [5.74, 6) is 0.571. The Kier molecular flexibility index (Phi) is 5.24. The number of rotatable bonds is 6. The lowest BCUT2D eigenvalue weighted by Gasteiger charge is -2.17. The van der Waals surface area contributed by atoms with Gasteiger partial charge in [-0.3, -0.25) is 9.78 Å². The van der Waals surface area contributed by atoms with Gasteiger partial charge in [0, 0.05) is 43.9 Å². The summed E-state index contributed by atoms with van der Waals surface area (Å²) >= 11 is 0. The summed E-state index contributed by atoms with van der Waals surface area (Å²) in [5.41, 5.74) is 4.46. The highest BCUT2D eigenvalue weighted by molar-refractivity contribution is 5.94. The molecule has 0 radical (unpaired) electrons. The third kappa shape index (κ3) is 4.43. The van der Waals surface area contributed by atoms with Crippen molar-refractivity contribution in [3.8, 4) is 5.75 Å². The van der Waals surface area contributed by atoms with Gasteiger partial charge in [-0.2, -0.15) is 0 Å². The lowest BCUT2D eigenvalue weighted by atomic mass is 10.2. The number of imidazole rings is 1. The Balaban J connectivity index is 1.42. The van der Waals surface area contributed by atoms with Crippen molar-refractivity contribution in [2.24, 2.45) is 0 Å². The highest BCUT2D eigenvalue weighted by atomic mass is 16.5. The van der Waals surface area contributed by atoms with Gasteiger partial charge in [0.25, 0.3) is 5.91 Å². The molecule has 1 aromatic carbocycles. The Hall–Kier alpha value is -3.67. The standard InChI is InChI=1S/C23H22N4O2/c1-17-8-9-22-25-20(15-27(22)13-17)16-29-21-7-3-6-19(11-21)23(28)26(2)14-18-5-4-10-24-12-18/h3-13,15H,14,16H2,1-2H3. The molecule has 0 saturated heterocycles. The van der Waals surface area contributed by atoms with Crippen LogP contribution in [0.4, 0.5) is 0 Å². The van der Waals surface area contributed by atoms with Gasteiger partial charge in [-0.15, -0.1) is 0 Å². The Morgan fingerprint density at radius 3 is 2.86 bits per heavy atom. The Bertz CT molecular complexity index is 1140. The SMILES string of the molecule is Cc1ccc2nc(COc3cccc(C(=O)N(C)Cc4cccnc4)c3)cn2c1. The number of carbonyl (C=O) groups is 1. The molecule has 0 atom stereocenters. The fraction of sp³-hybridized carbons (Fsp3) is 0.174. The van der Waals surface area contributed by atoms with E-state index in [1.165, 1.54) is 5.56 Å². The molecule has 0 bridgehead atoms. The summed E-state index contributed by atoms with van der Waals surface area (Å²) in [6.07, 6.45) is 7.47. The van der Waals surface area contributed by atoms with Crippen LogP contribution in [0, 0.1) is 6.92 Å². The zero-order chi connectivity index (χ0) is 20.2. The average Bonchev–Trinajstić information content (AvgIpc) is 3.14. The first-order chi connectivity index (χ1) is 14.1. The molecule has 0 fully saturated rings. The molecule has 146 valence electrons. The fourth-order valence-electron chi connectivity index (χ4n) is 3.16. The van der Waals surface area contributed by atoms with Crippen LogP contribution in [-0.4, -0.2) is 32.2 Å². The molecule has 4 rings (SSSR count). The molecule has 0 aliphatic rings. The van der Waals surface area contributed by atoms with Crippen molar-refractivity contribution >= 4 is 11.6 Å². The van der Waals surface area contributed by atoms with Crippen molar-refractivity contribution in [2.75, 3.05) is 7.05 Å². The Labute approximate surface area is 169 Å². The van der Waals surface area contributed by atoms with Crippen molar-refractivity contribution in [1.29, 1.82) is 0 Å². The second kappa shape index (κ2) is 8.14. The molecule has 0 spiro atoms. The van der Waals surface area contributed by atoms with E-state index in [-0.39, 0.29) is 5.91 Å². The normalized spacial score (nSPS) is 10.8. The van der Waals surface area contributed by atoms with Crippen LogP contribution in [0.3, 0.4) is 0 Å². The number of ether oxygens (including phenoxy) is 1. The topological polar surface area (TPSA) is 59.7 Å². The predicted molar refractivity (Wildman–Crippen MR) is 111 cm³/mol. The maximum atomic E-state index is 12.8. The van der Waals surface area contributed by atoms with E-state index < -0.39 is 0 Å². The van der Waals surface area contributed by atoms with E-state index in [1.807, 2.05) is 60.1 Å². The lowest BCUT2D eigenvalue weighted by Crippen LogP contribution is -2.26. The maximum Gasteiger partial charge on any atom is 0.254 e. The minimum Gasteiger partial charge on any atom is -0.487 e. The number of aryl methyl sites for hydroxylation is 1. The molecule has 0 unspecified atom stereocenters. The monoisotopic (exact) mass is 386 g/mol. The van der Waals surface area contributed by atoms with Gasteiger partial charge < -0.3 is 14.0 Å². The number of amides is 1. The average molecular weight is 386 g/mol. The number of hydrogen-bond acceptors (Lipinski definition) is 4. The zero-order valence-corrected chi connectivity index (χ0v) is 16.4. The summed E-state index contributed by atoms with van der Waals surface area (Å²) < 4.78 is 7.87. The van der Waals surface area contributed by atoms with Gasteiger partial charge in [0.15, 0.2) is 0 Å². The van der Waals surface area contributed by atoms with Crippen molar-refractivity contribution in [3.05, 3.63) is 95.7 Å². The highest BCUT2D eigenvalue weighted by Gasteiger charge is 2.13. The fourth-order valence-corrected chi connectivity index (χ4v) is 3.16. The number of aromatic nitrogens is 3. The highest BCUT2D eigenvalue weighted by Crippen LogP contribution is 2.17. The molecule has 0 N–H and O–H groups in total. The molecule has 4 aromatic rings. The van der Waals surface area contributed by atoms with E-state index in [1.54, 1.807) is 36.5 Å². The molecule has 3 heterocycles. The summed E-state index contributed by atoms with van der Waals surface area (Å²) in [5, 5.41) is 0. The van der Waals surface area contributed by atoms with Crippen molar-refractivity contribution in [2.45, 2.75) is 20.1 Å². The third-order valence-corrected chi connectivity index (χ3v) is 4.61. The number of fused-ring (bicyclic) bond motifs is 1. The van der Waals surface area contributed by atoms with E-state index in [2.05, 4.69) is 9.97 Å². The zero-order valence-electron chi connectivity index (χ0n) is 16.4. The molecule has 1 amide bonds. The summed E-state index contributed by atoms with van der Waals surface area (Å²) in [4.78, 5) is 23.1. The number of nitrogens with zero attached hydrogens (tertiary/aromatic N) is 4. The maximum absolute atomic E-state index is 12.8. The van der Waals surface area contributed by atoms with Gasteiger partial charge in [0.2, 0.25) is 0 Å². The van der Waals surface area contributed by atoms with Crippen LogP contribution >= 0.6 is 0 Å². The molecule has 0 aliphatic heterocycles. The summed E-state index contributed by atoms with van der Waals surface area (Å²) in [6.45, 7) is 2.88. The van der Waals surface area contributed by atoms with Crippen LogP contribution in [0.15, 0.2) is 73.3 Å². The first-order valence-electron chi connectivity index (χ1n) is 9.40.